The highest BCUT2D eigenvalue weighted by Crippen LogP contribution is 2.28. The Kier molecular flexibility index (Phi) is 5.95. The summed E-state index contributed by atoms with van der Waals surface area (Å²) in [6.07, 6.45) is 2.80. The molecular formula is C22H25ClNO+. The van der Waals surface area contributed by atoms with Crippen LogP contribution in [0.5, 0.6) is 0 Å². The molecule has 2 aromatic carbocycles. The second-order valence-corrected chi connectivity index (χ2v) is 7.07. The van der Waals surface area contributed by atoms with Gasteiger partial charge in [0, 0.05) is 22.9 Å². The highest BCUT2D eigenvalue weighted by Gasteiger charge is 2.18. The summed E-state index contributed by atoms with van der Waals surface area (Å²) in [5.74, 6) is 1.33. The number of benzene rings is 2. The zero-order valence-electron chi connectivity index (χ0n) is 14.8. The van der Waals surface area contributed by atoms with Crippen LogP contribution in [0.25, 0.3) is 0 Å². The Labute approximate surface area is 154 Å². The van der Waals surface area contributed by atoms with Crippen molar-refractivity contribution in [2.24, 2.45) is 0 Å². The van der Waals surface area contributed by atoms with E-state index in [1.807, 2.05) is 18.2 Å². The van der Waals surface area contributed by atoms with E-state index in [0.29, 0.717) is 12.0 Å². The second-order valence-electron chi connectivity index (χ2n) is 6.63. The Morgan fingerprint density at radius 1 is 0.960 bits per heavy atom. The Bertz CT molecular complexity index is 763. The molecule has 0 saturated carbocycles. The van der Waals surface area contributed by atoms with Crippen molar-refractivity contribution in [3.63, 3.8) is 0 Å². The highest BCUT2D eigenvalue weighted by molar-refractivity contribution is 6.30. The van der Waals surface area contributed by atoms with Gasteiger partial charge in [-0.25, -0.2) is 0 Å². The molecule has 0 bridgehead atoms. The minimum Gasteiger partial charge on any atom is -0.469 e. The Balaban J connectivity index is 1.65. The van der Waals surface area contributed by atoms with Crippen molar-refractivity contribution in [2.75, 3.05) is 6.54 Å². The van der Waals surface area contributed by atoms with E-state index >= 15 is 0 Å². The predicted molar refractivity (Wildman–Crippen MR) is 103 cm³/mol. The van der Waals surface area contributed by atoms with Gasteiger partial charge >= 0.3 is 0 Å². The average Bonchev–Trinajstić information content (AvgIpc) is 3.14. The van der Waals surface area contributed by atoms with Gasteiger partial charge in [0.15, 0.2) is 0 Å². The zero-order chi connectivity index (χ0) is 17.6. The summed E-state index contributed by atoms with van der Waals surface area (Å²) in [6.45, 7) is 5.38. The lowest BCUT2D eigenvalue weighted by molar-refractivity contribution is -0.693. The van der Waals surface area contributed by atoms with Crippen LogP contribution in [0.4, 0.5) is 0 Å². The van der Waals surface area contributed by atoms with E-state index in [4.69, 9.17) is 16.0 Å². The topological polar surface area (TPSA) is 29.8 Å². The number of quaternary nitrogens is 1. The third kappa shape index (κ3) is 4.75. The van der Waals surface area contributed by atoms with Gasteiger partial charge in [-0.05, 0) is 43.7 Å². The van der Waals surface area contributed by atoms with Gasteiger partial charge in [0.05, 0.1) is 12.8 Å². The first-order valence-corrected chi connectivity index (χ1v) is 9.20. The highest BCUT2D eigenvalue weighted by atomic mass is 35.5. The number of halogens is 1. The van der Waals surface area contributed by atoms with E-state index in [2.05, 4.69) is 61.6 Å². The first kappa shape index (κ1) is 17.8. The van der Waals surface area contributed by atoms with Gasteiger partial charge in [-0.2, -0.15) is 0 Å². The number of rotatable bonds is 7. The molecule has 3 heteroatoms. The van der Waals surface area contributed by atoms with Gasteiger partial charge in [0.1, 0.15) is 11.8 Å². The van der Waals surface area contributed by atoms with E-state index in [9.17, 15) is 0 Å². The smallest absolute Gasteiger partial charge is 0.111 e. The summed E-state index contributed by atoms with van der Waals surface area (Å²) in [4.78, 5) is 0. The van der Waals surface area contributed by atoms with Crippen molar-refractivity contribution in [3.05, 3.63) is 94.4 Å². The largest absolute Gasteiger partial charge is 0.469 e. The molecule has 0 aliphatic carbocycles. The molecule has 0 spiro atoms. The quantitative estimate of drug-likeness (QED) is 0.629. The molecule has 1 aromatic heterocycles. The van der Waals surface area contributed by atoms with Crippen molar-refractivity contribution < 1.29 is 9.73 Å². The van der Waals surface area contributed by atoms with Crippen LogP contribution in [0.15, 0.2) is 71.3 Å². The zero-order valence-corrected chi connectivity index (χ0v) is 15.5. The van der Waals surface area contributed by atoms with Gasteiger partial charge in [0.25, 0.3) is 0 Å². The average molecular weight is 355 g/mol. The van der Waals surface area contributed by atoms with Crippen LogP contribution in [-0.4, -0.2) is 6.54 Å². The summed E-state index contributed by atoms with van der Waals surface area (Å²) in [7, 11) is 0. The molecule has 2 atom stereocenters. The van der Waals surface area contributed by atoms with Crippen LogP contribution in [0.3, 0.4) is 0 Å². The van der Waals surface area contributed by atoms with Crippen LogP contribution in [-0.2, 0) is 0 Å². The standard InChI is InChI=1S/C22H24ClNO/c1-16-5-7-19(8-6-16)21(22-4-3-15-25-22)13-14-24-17(2)18-9-11-20(23)12-10-18/h3-12,15,17,21,24H,13-14H2,1-2H3/p+1/t17-,21-/m0/s1. The molecule has 2 N–H and O–H groups in total. The Morgan fingerprint density at radius 3 is 2.28 bits per heavy atom. The molecule has 0 aliphatic rings. The third-order valence-electron chi connectivity index (χ3n) is 4.74. The number of hydrogen-bond acceptors (Lipinski definition) is 1. The fraction of sp³-hybridized carbons (Fsp3) is 0.273. The van der Waals surface area contributed by atoms with Gasteiger partial charge in [-0.1, -0.05) is 53.6 Å². The lowest BCUT2D eigenvalue weighted by Gasteiger charge is -2.17. The molecule has 3 aromatic rings. The SMILES string of the molecule is Cc1ccc([C@H](CC[NH2+][C@@H](C)c2ccc(Cl)cc2)c2ccco2)cc1. The summed E-state index contributed by atoms with van der Waals surface area (Å²) < 4.78 is 5.71. The van der Waals surface area contributed by atoms with Gasteiger partial charge in [-0.15, -0.1) is 0 Å². The maximum absolute atomic E-state index is 5.98. The first-order chi connectivity index (χ1) is 12.1. The molecule has 0 aliphatic heterocycles. The number of furan rings is 1. The molecule has 0 saturated heterocycles. The van der Waals surface area contributed by atoms with E-state index in [-0.39, 0.29) is 0 Å². The summed E-state index contributed by atoms with van der Waals surface area (Å²) in [5, 5.41) is 3.17. The molecule has 0 fully saturated rings. The lowest BCUT2D eigenvalue weighted by atomic mass is 9.92. The molecule has 0 amide bonds. The minimum atomic E-state index is 0.296. The number of nitrogens with two attached hydrogens (primary N) is 1. The van der Waals surface area contributed by atoms with Crippen molar-refractivity contribution in [2.45, 2.75) is 32.2 Å². The first-order valence-electron chi connectivity index (χ1n) is 8.82. The monoisotopic (exact) mass is 354 g/mol. The fourth-order valence-corrected chi connectivity index (χ4v) is 3.30. The Hall–Kier alpha value is -2.03. The van der Waals surface area contributed by atoms with Crippen molar-refractivity contribution in [1.82, 2.24) is 0 Å². The normalized spacial score (nSPS) is 13.6. The van der Waals surface area contributed by atoms with E-state index in [0.717, 1.165) is 23.7 Å². The molecule has 1 heterocycles. The number of hydrogen-bond donors (Lipinski definition) is 1. The lowest BCUT2D eigenvalue weighted by Crippen LogP contribution is -2.84. The van der Waals surface area contributed by atoms with E-state index in [1.165, 1.54) is 16.7 Å². The van der Waals surface area contributed by atoms with Crippen LogP contribution in [0.1, 0.15) is 47.8 Å². The summed E-state index contributed by atoms with van der Waals surface area (Å²) >= 11 is 5.98. The Morgan fingerprint density at radius 2 is 1.64 bits per heavy atom. The molecule has 3 rings (SSSR count). The summed E-state index contributed by atoms with van der Waals surface area (Å²) in [5.41, 5.74) is 3.90. The van der Waals surface area contributed by atoms with Crippen molar-refractivity contribution in [3.8, 4) is 0 Å². The maximum Gasteiger partial charge on any atom is 0.111 e. The molecule has 130 valence electrons. The van der Waals surface area contributed by atoms with Crippen molar-refractivity contribution >= 4 is 11.6 Å². The van der Waals surface area contributed by atoms with Gasteiger partial charge < -0.3 is 9.73 Å². The van der Waals surface area contributed by atoms with Crippen LogP contribution in [0, 0.1) is 6.92 Å². The van der Waals surface area contributed by atoms with Crippen molar-refractivity contribution in [1.29, 1.82) is 0 Å². The summed E-state index contributed by atoms with van der Waals surface area (Å²) in [6, 6.07) is 21.4. The van der Waals surface area contributed by atoms with E-state index in [1.54, 1.807) is 6.26 Å². The predicted octanol–water partition coefficient (Wildman–Crippen LogP) is 5.09. The van der Waals surface area contributed by atoms with Crippen LogP contribution in [0.2, 0.25) is 5.02 Å². The maximum atomic E-state index is 5.98. The fourth-order valence-electron chi connectivity index (χ4n) is 3.18. The molecule has 0 radical (unpaired) electrons. The number of aryl methyl sites for hydroxylation is 1. The van der Waals surface area contributed by atoms with Gasteiger partial charge in [-0.3, -0.25) is 0 Å². The van der Waals surface area contributed by atoms with E-state index < -0.39 is 0 Å². The van der Waals surface area contributed by atoms with Crippen LogP contribution >= 0.6 is 11.6 Å². The molecular weight excluding hydrogens is 330 g/mol. The van der Waals surface area contributed by atoms with Crippen LogP contribution < -0.4 is 5.32 Å². The van der Waals surface area contributed by atoms with Gasteiger partial charge in [0.2, 0.25) is 0 Å². The molecule has 25 heavy (non-hydrogen) atoms. The third-order valence-corrected chi connectivity index (χ3v) is 4.99. The molecule has 2 nitrogen and oxygen atoms in total. The minimum absolute atomic E-state index is 0.296. The second kappa shape index (κ2) is 8.37. The molecule has 0 unspecified atom stereocenters.